The fraction of sp³-hybridized carbons (Fsp3) is 0.133. The Morgan fingerprint density at radius 3 is 2.38 bits per heavy atom. The van der Waals surface area contributed by atoms with E-state index >= 15 is 0 Å². The summed E-state index contributed by atoms with van der Waals surface area (Å²) in [5.41, 5.74) is -0.150. The molecule has 1 heterocycles. The van der Waals surface area contributed by atoms with Gasteiger partial charge in [-0.25, -0.2) is 0 Å². The zero-order chi connectivity index (χ0) is 17.5. The van der Waals surface area contributed by atoms with Crippen LogP contribution in [-0.2, 0) is 22.7 Å². The summed E-state index contributed by atoms with van der Waals surface area (Å²) in [5.74, 6) is 0. The van der Waals surface area contributed by atoms with E-state index < -0.39 is 21.8 Å². The Bertz CT molecular complexity index is 909. The summed E-state index contributed by atoms with van der Waals surface area (Å²) in [7, 11) is -3.98. The Hall–Kier alpha value is -1.87. The summed E-state index contributed by atoms with van der Waals surface area (Å²) in [6.07, 6.45) is -3.52. The Morgan fingerprint density at radius 2 is 1.75 bits per heavy atom. The maximum Gasteiger partial charge on any atom is 0.416 e. The quantitative estimate of drug-likeness (QED) is 0.733. The molecule has 0 spiro atoms. The van der Waals surface area contributed by atoms with Crippen molar-refractivity contribution >= 4 is 38.0 Å². The lowest BCUT2D eigenvalue weighted by Crippen LogP contribution is -2.27. The van der Waals surface area contributed by atoms with Crippen molar-refractivity contribution in [2.45, 2.75) is 17.6 Å². The second kappa shape index (κ2) is 5.89. The molecule has 0 bridgehead atoms. The molecular weight excluding hydrogens is 409 g/mol. The van der Waals surface area contributed by atoms with Crippen LogP contribution in [0.2, 0.25) is 0 Å². The normalized spacial score (nSPS) is 16.1. The van der Waals surface area contributed by atoms with Crippen molar-refractivity contribution in [2.75, 3.05) is 4.90 Å². The van der Waals surface area contributed by atoms with Crippen LogP contribution in [-0.4, -0.2) is 14.8 Å². The zero-order valence-corrected chi connectivity index (χ0v) is 14.4. The van der Waals surface area contributed by atoms with Gasteiger partial charge in [0.1, 0.15) is 11.2 Å². The van der Waals surface area contributed by atoms with Crippen LogP contribution in [0.4, 0.5) is 18.9 Å². The molecule has 0 radical (unpaired) electrons. The van der Waals surface area contributed by atoms with Crippen molar-refractivity contribution in [3.63, 3.8) is 0 Å². The first-order valence-electron chi connectivity index (χ1n) is 6.70. The number of nitrogens with zero attached hydrogens (tertiary/aromatic N) is 2. The van der Waals surface area contributed by atoms with Crippen LogP contribution >= 0.6 is 15.9 Å². The molecule has 0 aromatic heterocycles. The minimum Gasteiger partial charge on any atom is -0.326 e. The SMILES string of the molecule is O=S1(=O)N=CN(Cc2ccc(Br)cc2)c2cc(C(F)(F)F)ccc21. The van der Waals surface area contributed by atoms with Crippen LogP contribution in [0.25, 0.3) is 0 Å². The van der Waals surface area contributed by atoms with E-state index in [0.717, 1.165) is 34.6 Å². The highest BCUT2D eigenvalue weighted by Gasteiger charge is 2.34. The van der Waals surface area contributed by atoms with E-state index in [2.05, 4.69) is 20.3 Å². The van der Waals surface area contributed by atoms with E-state index in [1.807, 2.05) is 0 Å². The number of anilines is 1. The number of halogens is 4. The van der Waals surface area contributed by atoms with Crippen LogP contribution in [0.15, 0.2) is 56.2 Å². The average molecular weight is 419 g/mol. The smallest absolute Gasteiger partial charge is 0.326 e. The van der Waals surface area contributed by atoms with Gasteiger partial charge in [-0.3, -0.25) is 0 Å². The van der Waals surface area contributed by atoms with Gasteiger partial charge in [-0.15, -0.1) is 4.40 Å². The van der Waals surface area contributed by atoms with Gasteiger partial charge in [0.05, 0.1) is 11.3 Å². The van der Waals surface area contributed by atoms with E-state index in [9.17, 15) is 21.6 Å². The molecule has 4 nitrogen and oxygen atoms in total. The fourth-order valence-corrected chi connectivity index (χ4v) is 3.58. The minimum absolute atomic E-state index is 0.0391. The van der Waals surface area contributed by atoms with Gasteiger partial charge in [0.15, 0.2) is 0 Å². The lowest BCUT2D eigenvalue weighted by molar-refractivity contribution is -0.137. The summed E-state index contributed by atoms with van der Waals surface area (Å²) in [5, 5.41) is 0. The lowest BCUT2D eigenvalue weighted by Gasteiger charge is -2.26. The second-order valence-electron chi connectivity index (χ2n) is 5.13. The largest absolute Gasteiger partial charge is 0.416 e. The topological polar surface area (TPSA) is 49.7 Å². The Morgan fingerprint density at radius 1 is 1.08 bits per heavy atom. The predicted octanol–water partition coefficient (Wildman–Crippen LogP) is 4.21. The fourth-order valence-electron chi connectivity index (χ4n) is 2.29. The number of hydrogen-bond acceptors (Lipinski definition) is 3. The molecule has 0 aliphatic carbocycles. The zero-order valence-electron chi connectivity index (χ0n) is 12.0. The lowest BCUT2D eigenvalue weighted by atomic mass is 10.1. The molecule has 3 rings (SSSR count). The Kier molecular flexibility index (Phi) is 4.16. The summed E-state index contributed by atoms with van der Waals surface area (Å²) in [6, 6.07) is 9.67. The molecule has 0 unspecified atom stereocenters. The molecular formula is C15H10BrF3N2O2S. The third-order valence-electron chi connectivity index (χ3n) is 3.47. The molecule has 2 aromatic rings. The van der Waals surface area contributed by atoms with Gasteiger partial charge in [0, 0.05) is 11.0 Å². The molecule has 1 aliphatic heterocycles. The van der Waals surface area contributed by atoms with E-state index in [-0.39, 0.29) is 17.1 Å². The number of fused-ring (bicyclic) bond motifs is 1. The van der Waals surface area contributed by atoms with Crippen molar-refractivity contribution < 1.29 is 21.6 Å². The molecule has 9 heteroatoms. The summed E-state index contributed by atoms with van der Waals surface area (Å²) < 4.78 is 67.1. The third-order valence-corrected chi connectivity index (χ3v) is 5.27. The van der Waals surface area contributed by atoms with Gasteiger partial charge < -0.3 is 4.90 Å². The molecule has 0 N–H and O–H groups in total. The molecule has 126 valence electrons. The monoisotopic (exact) mass is 418 g/mol. The van der Waals surface area contributed by atoms with Gasteiger partial charge in [-0.2, -0.15) is 21.6 Å². The van der Waals surface area contributed by atoms with Crippen molar-refractivity contribution in [2.24, 2.45) is 4.40 Å². The van der Waals surface area contributed by atoms with Crippen LogP contribution in [0.5, 0.6) is 0 Å². The van der Waals surface area contributed by atoms with E-state index in [1.54, 1.807) is 24.3 Å². The van der Waals surface area contributed by atoms with Crippen LogP contribution in [0.1, 0.15) is 11.1 Å². The van der Waals surface area contributed by atoms with E-state index in [4.69, 9.17) is 0 Å². The highest BCUT2D eigenvalue weighted by Crippen LogP contribution is 2.37. The summed E-state index contributed by atoms with van der Waals surface area (Å²) in [4.78, 5) is 1.14. The Balaban J connectivity index is 2.05. The summed E-state index contributed by atoms with van der Waals surface area (Å²) in [6.45, 7) is 0.195. The van der Waals surface area contributed by atoms with Gasteiger partial charge in [0.2, 0.25) is 0 Å². The minimum atomic E-state index is -4.56. The number of benzene rings is 2. The van der Waals surface area contributed by atoms with E-state index in [1.165, 1.54) is 4.90 Å². The molecule has 24 heavy (non-hydrogen) atoms. The number of hydrogen-bond donors (Lipinski definition) is 0. The Labute approximate surface area is 144 Å². The maximum absolute atomic E-state index is 12.9. The number of sulfonamides is 1. The first kappa shape index (κ1) is 17.0. The third kappa shape index (κ3) is 3.32. The highest BCUT2D eigenvalue weighted by atomic mass is 79.9. The molecule has 1 aliphatic rings. The van der Waals surface area contributed by atoms with Crippen molar-refractivity contribution in [1.29, 1.82) is 0 Å². The predicted molar refractivity (Wildman–Crippen MR) is 87.4 cm³/mol. The highest BCUT2D eigenvalue weighted by molar-refractivity contribution is 9.10. The first-order chi connectivity index (χ1) is 11.2. The molecule has 2 aromatic carbocycles. The number of rotatable bonds is 2. The van der Waals surface area contributed by atoms with Crippen molar-refractivity contribution in [3.05, 3.63) is 58.1 Å². The molecule has 0 fully saturated rings. The average Bonchev–Trinajstić information content (AvgIpc) is 2.51. The summed E-state index contributed by atoms with van der Waals surface area (Å²) >= 11 is 3.30. The standard InChI is InChI=1S/C15H10BrF3N2O2S/c16-12-4-1-10(2-5-12)8-21-9-20-24(22,23)14-6-3-11(7-13(14)21)15(17,18)19/h1-7,9H,8H2. The first-order valence-corrected chi connectivity index (χ1v) is 8.93. The second-order valence-corrected chi connectivity index (χ2v) is 7.65. The van der Waals surface area contributed by atoms with E-state index in [0.29, 0.717) is 0 Å². The molecule has 0 saturated heterocycles. The van der Waals surface area contributed by atoms with Gasteiger partial charge in [-0.05, 0) is 35.9 Å². The molecule has 0 amide bonds. The van der Waals surface area contributed by atoms with Crippen LogP contribution in [0.3, 0.4) is 0 Å². The van der Waals surface area contributed by atoms with Gasteiger partial charge >= 0.3 is 6.18 Å². The van der Waals surface area contributed by atoms with Crippen LogP contribution in [0, 0.1) is 0 Å². The molecule has 0 saturated carbocycles. The van der Waals surface area contributed by atoms with Gasteiger partial charge in [0.25, 0.3) is 10.0 Å². The molecule has 0 atom stereocenters. The van der Waals surface area contributed by atoms with Crippen molar-refractivity contribution in [3.8, 4) is 0 Å². The van der Waals surface area contributed by atoms with Crippen LogP contribution < -0.4 is 4.90 Å². The maximum atomic E-state index is 12.9. The van der Waals surface area contributed by atoms with Gasteiger partial charge in [-0.1, -0.05) is 28.1 Å². The van der Waals surface area contributed by atoms with Crippen molar-refractivity contribution in [1.82, 2.24) is 0 Å². The number of alkyl halides is 3.